The van der Waals surface area contributed by atoms with E-state index in [0.717, 1.165) is 0 Å². The third-order valence-corrected chi connectivity index (χ3v) is 30.9. The van der Waals surface area contributed by atoms with Crippen molar-refractivity contribution < 1.29 is 0 Å². The number of para-hydroxylation sites is 4. The van der Waals surface area contributed by atoms with Gasteiger partial charge in [-0.15, -0.1) is 0 Å². The van der Waals surface area contributed by atoms with E-state index in [1.165, 1.54) is 155 Å². The SMILES string of the molecule is C[Si]1(c2ccccc2)c2cccc3c2B2c4c(cccc4N(c4ccccc4-c4ccccc4)c4cccc1c42)N3c1ccccc1-c1ccccc1.Cc1cc2c3c(c1)[Si](C)(c1ccccc1)c1cc(C)cc4c1B3c1c(cccc1N4c1ccccc1)N2c1ccccc1. The van der Waals surface area contributed by atoms with Crippen LogP contribution in [0.25, 0.3) is 22.3 Å². The smallest absolute Gasteiger partial charge is 0.251 e. The molecule has 6 heterocycles. The topological polar surface area (TPSA) is 13.0 Å². The third-order valence-electron chi connectivity index (χ3n) is 21.9. The highest BCUT2D eigenvalue weighted by molar-refractivity contribution is 7.22. The molecule has 0 saturated heterocycles. The molecule has 0 fully saturated rings. The van der Waals surface area contributed by atoms with E-state index < -0.39 is 16.1 Å². The van der Waals surface area contributed by atoms with Gasteiger partial charge < -0.3 is 19.6 Å². The van der Waals surface area contributed by atoms with Gasteiger partial charge in [0.2, 0.25) is 0 Å². The van der Waals surface area contributed by atoms with Crippen LogP contribution in [0.4, 0.5) is 68.2 Å². The molecule has 0 spiro atoms. The van der Waals surface area contributed by atoms with Crippen molar-refractivity contribution >= 4 is 162 Å². The first-order chi connectivity index (χ1) is 47.3. The van der Waals surface area contributed by atoms with Gasteiger partial charge >= 0.3 is 0 Å². The normalized spacial score (nSPS) is 14.5. The highest BCUT2D eigenvalue weighted by Crippen LogP contribution is 2.50. The van der Waals surface area contributed by atoms with E-state index in [4.69, 9.17) is 0 Å². The van der Waals surface area contributed by atoms with Gasteiger partial charge in [-0.2, -0.15) is 0 Å². The number of nitrogens with zero attached hydrogens (tertiary/aromatic N) is 4. The minimum Gasteiger partial charge on any atom is -0.311 e. The van der Waals surface area contributed by atoms with Crippen LogP contribution in [0.3, 0.4) is 0 Å². The lowest BCUT2D eigenvalue weighted by Gasteiger charge is -2.51. The maximum atomic E-state index is 2.60. The molecule has 0 aromatic heterocycles. The Labute approximate surface area is 565 Å². The Morgan fingerprint density at radius 3 is 0.896 bits per heavy atom. The Morgan fingerprint density at radius 2 is 0.510 bits per heavy atom. The molecule has 0 amide bonds. The fraction of sp³-hybridized carbons (Fsp3) is 0.0455. The van der Waals surface area contributed by atoms with E-state index in [0.29, 0.717) is 0 Å². The molecule has 0 radical (unpaired) electrons. The van der Waals surface area contributed by atoms with Crippen molar-refractivity contribution in [1.82, 2.24) is 0 Å². The average Bonchev–Trinajstić information content (AvgIpc) is 0.676. The van der Waals surface area contributed by atoms with Gasteiger partial charge in [0, 0.05) is 68.0 Å². The first-order valence-electron chi connectivity index (χ1n) is 33.8. The minimum absolute atomic E-state index is 0.114. The largest absolute Gasteiger partial charge is 0.311 e. The third kappa shape index (κ3) is 8.03. The number of hydrogen-bond acceptors (Lipinski definition) is 4. The second-order valence-electron chi connectivity index (χ2n) is 27.0. The van der Waals surface area contributed by atoms with Gasteiger partial charge in [0.1, 0.15) is 16.1 Å². The second kappa shape index (κ2) is 21.7. The summed E-state index contributed by atoms with van der Waals surface area (Å²) in [5.41, 5.74) is 31.3. The zero-order valence-electron chi connectivity index (χ0n) is 54.1. The van der Waals surface area contributed by atoms with Crippen molar-refractivity contribution in [3.63, 3.8) is 0 Å². The molecule has 6 aliphatic heterocycles. The highest BCUT2D eigenvalue weighted by Gasteiger charge is 2.56. The molecule has 0 N–H and O–H groups in total. The van der Waals surface area contributed by atoms with Crippen LogP contribution in [-0.2, 0) is 0 Å². The van der Waals surface area contributed by atoms with E-state index in [1.54, 1.807) is 10.4 Å². The summed E-state index contributed by atoms with van der Waals surface area (Å²) in [6, 6.07) is 122. The van der Waals surface area contributed by atoms with Crippen LogP contribution >= 0.6 is 0 Å². The molecule has 96 heavy (non-hydrogen) atoms. The first kappa shape index (κ1) is 56.4. The predicted molar refractivity (Wildman–Crippen MR) is 415 cm³/mol. The number of anilines is 12. The van der Waals surface area contributed by atoms with Crippen LogP contribution in [0, 0.1) is 13.8 Å². The molecule has 452 valence electrons. The molecule has 20 rings (SSSR count). The molecule has 0 unspecified atom stereocenters. The maximum Gasteiger partial charge on any atom is 0.251 e. The molecule has 14 aromatic carbocycles. The van der Waals surface area contributed by atoms with Gasteiger partial charge in [-0.05, 0) is 164 Å². The van der Waals surface area contributed by atoms with Gasteiger partial charge in [-0.1, -0.05) is 276 Å². The Morgan fingerprint density at radius 1 is 0.229 bits per heavy atom. The van der Waals surface area contributed by atoms with Crippen LogP contribution in [0.2, 0.25) is 13.1 Å². The van der Waals surface area contributed by atoms with Crippen molar-refractivity contribution in [2.45, 2.75) is 26.9 Å². The number of hydrogen-bond donors (Lipinski definition) is 0. The standard InChI is InChI=1S/C49H35BN2Si.C39H31BN2Si/c1-53(36-22-9-4-10-23-36)45-32-16-30-43-48(45)50-47-41(51(43)39-26-13-11-24-37(39)34-18-5-2-6-19-34)28-15-29-42(47)52(44-31-17-33-46(53)49(44)50)40-27-14-12-25-38(40)35-20-7-3-8-21-35;1-26-22-33-38-35(24-26)43(3,30-18-11-6-12-19-30)36-25-27(2)23-34-39(36)40(38)37-31(41(33)28-14-7-4-8-15-28)20-13-21-32(37)42(34)29-16-9-5-10-17-29/h2-33H,1H3;4-25H,1-3H3. The lowest BCUT2D eigenvalue weighted by molar-refractivity contribution is 1.24. The average molecular weight is 1260 g/mol. The second-order valence-corrected chi connectivity index (χ2v) is 34.8. The van der Waals surface area contributed by atoms with Crippen LogP contribution in [-0.4, -0.2) is 29.6 Å². The molecule has 14 aromatic rings. The quantitative estimate of drug-likeness (QED) is 0.141. The predicted octanol–water partition coefficient (Wildman–Crippen LogP) is 14.3. The Balaban J connectivity index is 0.000000138. The van der Waals surface area contributed by atoms with Crippen molar-refractivity contribution in [1.29, 1.82) is 0 Å². The Kier molecular flexibility index (Phi) is 12.7. The summed E-state index contributed by atoms with van der Waals surface area (Å²) in [6.45, 7) is 10.0. The van der Waals surface area contributed by atoms with E-state index in [1.807, 2.05) is 0 Å². The highest BCUT2D eigenvalue weighted by atomic mass is 28.3. The Bertz CT molecular complexity index is 5180. The summed E-state index contributed by atoms with van der Waals surface area (Å²) in [6.07, 6.45) is 0. The van der Waals surface area contributed by atoms with Crippen LogP contribution in [0.1, 0.15) is 11.1 Å². The van der Waals surface area contributed by atoms with Crippen LogP contribution in [0.5, 0.6) is 0 Å². The minimum atomic E-state index is -2.50. The summed E-state index contributed by atoms with van der Waals surface area (Å²) in [5.74, 6) is 0. The number of rotatable bonds is 8. The van der Waals surface area contributed by atoms with Crippen molar-refractivity contribution in [3.8, 4) is 22.3 Å². The van der Waals surface area contributed by atoms with Gasteiger partial charge in [0.05, 0.1) is 11.4 Å². The summed E-state index contributed by atoms with van der Waals surface area (Å²) >= 11 is 0. The van der Waals surface area contributed by atoms with Crippen molar-refractivity contribution in [2.75, 3.05) is 19.6 Å². The lowest BCUT2D eigenvalue weighted by Crippen LogP contribution is -2.83. The van der Waals surface area contributed by atoms with E-state index in [2.05, 4.69) is 374 Å². The number of benzene rings is 14. The van der Waals surface area contributed by atoms with Gasteiger partial charge in [-0.3, -0.25) is 0 Å². The fourth-order valence-electron chi connectivity index (χ4n) is 17.9. The van der Waals surface area contributed by atoms with E-state index in [-0.39, 0.29) is 13.4 Å². The van der Waals surface area contributed by atoms with Crippen molar-refractivity contribution in [2.24, 2.45) is 0 Å². The summed E-state index contributed by atoms with van der Waals surface area (Å²) in [5, 5.41) is 9.04. The summed E-state index contributed by atoms with van der Waals surface area (Å²) < 4.78 is 0. The van der Waals surface area contributed by atoms with Crippen LogP contribution in [0.15, 0.2) is 328 Å². The zero-order valence-corrected chi connectivity index (χ0v) is 56.1. The first-order valence-corrected chi connectivity index (χ1v) is 38.8. The molecular formula is C88H66B2N4Si2. The zero-order chi connectivity index (χ0) is 64.0. The summed E-state index contributed by atoms with van der Waals surface area (Å²) in [7, 11) is -4.91. The van der Waals surface area contributed by atoms with E-state index >= 15 is 0 Å². The van der Waals surface area contributed by atoms with Gasteiger partial charge in [0.15, 0.2) is 0 Å². The lowest BCUT2D eigenvalue weighted by atomic mass is 9.33. The van der Waals surface area contributed by atoms with E-state index in [9.17, 15) is 0 Å². The molecule has 4 nitrogen and oxygen atoms in total. The van der Waals surface area contributed by atoms with Crippen molar-refractivity contribution in [3.05, 3.63) is 339 Å². The van der Waals surface area contributed by atoms with Crippen LogP contribution < -0.4 is 83.5 Å². The molecule has 8 heteroatoms. The molecule has 6 aliphatic rings. The fourth-order valence-corrected chi connectivity index (χ4v) is 26.6. The molecule has 0 bridgehead atoms. The molecule has 0 aliphatic carbocycles. The van der Waals surface area contributed by atoms with Gasteiger partial charge in [-0.25, -0.2) is 0 Å². The van der Waals surface area contributed by atoms with Gasteiger partial charge in [0.25, 0.3) is 13.4 Å². The maximum absolute atomic E-state index is 2.60. The monoisotopic (exact) mass is 1260 g/mol. The molecular weight excluding hydrogens is 1190 g/mol. The Hall–Kier alpha value is -11.2. The summed E-state index contributed by atoms with van der Waals surface area (Å²) in [4.78, 5) is 10.2. The number of aryl methyl sites for hydroxylation is 2. The molecule has 0 saturated carbocycles. The molecule has 0 atom stereocenters.